The summed E-state index contributed by atoms with van der Waals surface area (Å²) in [6.07, 6.45) is 3.99. The molecule has 0 fully saturated rings. The third kappa shape index (κ3) is 2.41. The molecule has 0 radical (unpaired) electrons. The highest BCUT2D eigenvalue weighted by atomic mass is 32.1. The average molecular weight is 262 g/mol. The number of nitrogens with zero attached hydrogens (tertiary/aromatic N) is 2. The Morgan fingerprint density at radius 1 is 1.44 bits per heavy atom. The molecule has 94 valence electrons. The number of aliphatic carboxylic acids is 1. The second-order valence-electron chi connectivity index (χ2n) is 4.00. The van der Waals surface area contributed by atoms with Crippen LogP contribution in [0.2, 0.25) is 0 Å². The van der Waals surface area contributed by atoms with Crippen LogP contribution in [0.4, 0.5) is 0 Å². The zero-order valence-corrected chi connectivity index (χ0v) is 11.1. The molecular formula is C13H14N2O2S. The van der Waals surface area contributed by atoms with E-state index in [4.69, 9.17) is 0 Å². The summed E-state index contributed by atoms with van der Waals surface area (Å²) in [5, 5.41) is 10.1. The third-order valence-electron chi connectivity index (χ3n) is 2.78. The van der Waals surface area contributed by atoms with E-state index < -0.39 is 11.9 Å². The lowest BCUT2D eigenvalue weighted by Crippen LogP contribution is -2.09. The van der Waals surface area contributed by atoms with E-state index in [1.54, 1.807) is 12.4 Å². The van der Waals surface area contributed by atoms with Crippen molar-refractivity contribution in [3.63, 3.8) is 0 Å². The highest BCUT2D eigenvalue weighted by Gasteiger charge is 2.23. The van der Waals surface area contributed by atoms with Crippen LogP contribution in [0.1, 0.15) is 29.8 Å². The molecule has 0 spiro atoms. The number of hydrogen-bond donors (Lipinski definition) is 1. The van der Waals surface area contributed by atoms with Crippen LogP contribution in [0.15, 0.2) is 24.5 Å². The van der Waals surface area contributed by atoms with Crippen LogP contribution in [0.5, 0.6) is 0 Å². The normalized spacial score (nSPS) is 12.3. The molecule has 5 heteroatoms. The first-order valence-electron chi connectivity index (χ1n) is 5.74. The van der Waals surface area contributed by atoms with Gasteiger partial charge in [-0.1, -0.05) is 6.92 Å². The Balaban J connectivity index is 2.41. The summed E-state index contributed by atoms with van der Waals surface area (Å²) in [6.45, 7) is 3.74. The molecule has 0 aliphatic heterocycles. The van der Waals surface area contributed by atoms with E-state index in [9.17, 15) is 9.90 Å². The van der Waals surface area contributed by atoms with Gasteiger partial charge in [-0.05, 0) is 25.5 Å². The lowest BCUT2D eigenvalue weighted by molar-refractivity contribution is -0.138. The van der Waals surface area contributed by atoms with Gasteiger partial charge in [0, 0.05) is 22.8 Å². The number of thiazole rings is 1. The molecule has 0 aliphatic rings. The van der Waals surface area contributed by atoms with Crippen LogP contribution in [-0.2, 0) is 4.79 Å². The second kappa shape index (κ2) is 5.27. The van der Waals surface area contributed by atoms with E-state index in [2.05, 4.69) is 9.97 Å². The van der Waals surface area contributed by atoms with E-state index in [1.165, 1.54) is 11.3 Å². The first-order valence-corrected chi connectivity index (χ1v) is 6.55. The predicted molar refractivity (Wildman–Crippen MR) is 70.7 cm³/mol. The highest BCUT2D eigenvalue weighted by molar-refractivity contribution is 7.15. The minimum atomic E-state index is -0.787. The molecule has 0 aromatic carbocycles. The summed E-state index contributed by atoms with van der Waals surface area (Å²) in [6, 6.07) is 3.76. The van der Waals surface area contributed by atoms with E-state index in [0.717, 1.165) is 21.1 Å². The molecule has 2 aromatic heterocycles. The summed E-state index contributed by atoms with van der Waals surface area (Å²) in [5.74, 6) is -1.25. The largest absolute Gasteiger partial charge is 0.481 e. The average Bonchev–Trinajstić information content (AvgIpc) is 2.73. The van der Waals surface area contributed by atoms with Crippen molar-refractivity contribution in [1.29, 1.82) is 0 Å². The van der Waals surface area contributed by atoms with Crippen molar-refractivity contribution in [2.45, 2.75) is 26.2 Å². The van der Waals surface area contributed by atoms with Crippen molar-refractivity contribution in [3.05, 3.63) is 35.1 Å². The number of hydrogen-bond acceptors (Lipinski definition) is 4. The lowest BCUT2D eigenvalue weighted by atomic mass is 10.0. The van der Waals surface area contributed by atoms with Crippen molar-refractivity contribution in [2.24, 2.45) is 0 Å². The minimum Gasteiger partial charge on any atom is -0.481 e. The fraction of sp³-hybridized carbons (Fsp3) is 0.308. The van der Waals surface area contributed by atoms with E-state index in [1.807, 2.05) is 26.0 Å². The number of carbonyl (C=O) groups is 1. The van der Waals surface area contributed by atoms with E-state index in [0.29, 0.717) is 6.42 Å². The lowest BCUT2D eigenvalue weighted by Gasteiger charge is -2.06. The van der Waals surface area contributed by atoms with Gasteiger partial charge in [0.2, 0.25) is 0 Å². The Bertz CT molecular complexity index is 551. The fourth-order valence-electron chi connectivity index (χ4n) is 1.82. The highest BCUT2D eigenvalue weighted by Crippen LogP contribution is 2.34. The molecule has 4 nitrogen and oxygen atoms in total. The first-order chi connectivity index (χ1) is 8.63. The molecule has 0 amide bonds. The molecule has 0 bridgehead atoms. The monoisotopic (exact) mass is 262 g/mol. The molecule has 2 rings (SSSR count). The molecule has 0 saturated heterocycles. The Kier molecular flexibility index (Phi) is 3.72. The molecule has 1 unspecified atom stereocenters. The first kappa shape index (κ1) is 12.7. The van der Waals surface area contributed by atoms with Crippen LogP contribution < -0.4 is 0 Å². The molecule has 0 saturated carbocycles. The Labute approximate surface area is 109 Å². The minimum absolute atomic E-state index is 0.460. The number of carboxylic acid groups (broad SMARTS) is 1. The van der Waals surface area contributed by atoms with Gasteiger partial charge in [-0.25, -0.2) is 4.98 Å². The number of aryl methyl sites for hydroxylation is 1. The summed E-state index contributed by atoms with van der Waals surface area (Å²) >= 11 is 1.45. The summed E-state index contributed by atoms with van der Waals surface area (Å²) in [7, 11) is 0. The SMILES string of the molecule is CCC(C(=O)O)c1sc(-c2ccncc2)nc1C. The van der Waals surface area contributed by atoms with Gasteiger partial charge in [0.25, 0.3) is 0 Å². The van der Waals surface area contributed by atoms with E-state index in [-0.39, 0.29) is 0 Å². The number of aromatic nitrogens is 2. The third-order valence-corrected chi connectivity index (χ3v) is 4.10. The van der Waals surface area contributed by atoms with Crippen LogP contribution in [0, 0.1) is 6.92 Å². The van der Waals surface area contributed by atoms with Gasteiger partial charge in [-0.15, -0.1) is 11.3 Å². The predicted octanol–water partition coefficient (Wildman–Crippen LogP) is 3.09. The Morgan fingerprint density at radius 3 is 2.67 bits per heavy atom. The van der Waals surface area contributed by atoms with Gasteiger partial charge in [-0.3, -0.25) is 9.78 Å². The maximum Gasteiger partial charge on any atom is 0.311 e. The van der Waals surface area contributed by atoms with Gasteiger partial charge in [0.15, 0.2) is 0 Å². The van der Waals surface area contributed by atoms with Crippen LogP contribution in [0.25, 0.3) is 10.6 Å². The van der Waals surface area contributed by atoms with Crippen molar-refractivity contribution in [1.82, 2.24) is 9.97 Å². The van der Waals surface area contributed by atoms with Gasteiger partial charge < -0.3 is 5.11 Å². The van der Waals surface area contributed by atoms with Crippen molar-refractivity contribution in [3.8, 4) is 10.6 Å². The maximum atomic E-state index is 11.2. The molecule has 1 N–H and O–H groups in total. The quantitative estimate of drug-likeness (QED) is 0.919. The Hall–Kier alpha value is -1.75. The number of rotatable bonds is 4. The molecule has 18 heavy (non-hydrogen) atoms. The molecule has 2 aromatic rings. The summed E-state index contributed by atoms with van der Waals surface area (Å²) in [4.78, 5) is 20.5. The van der Waals surface area contributed by atoms with Gasteiger partial charge in [0.05, 0.1) is 11.6 Å². The molecule has 2 heterocycles. The molecule has 0 aliphatic carbocycles. The van der Waals surface area contributed by atoms with E-state index >= 15 is 0 Å². The van der Waals surface area contributed by atoms with Crippen LogP contribution in [0.3, 0.4) is 0 Å². The summed E-state index contributed by atoms with van der Waals surface area (Å²) < 4.78 is 0. The fourth-order valence-corrected chi connectivity index (χ4v) is 3.07. The Morgan fingerprint density at radius 2 is 2.11 bits per heavy atom. The zero-order valence-electron chi connectivity index (χ0n) is 10.3. The van der Waals surface area contributed by atoms with Crippen LogP contribution in [-0.4, -0.2) is 21.0 Å². The smallest absolute Gasteiger partial charge is 0.311 e. The standard InChI is InChI=1S/C13H14N2O2S/c1-3-10(13(16)17)11-8(2)15-12(18-11)9-4-6-14-7-5-9/h4-7,10H,3H2,1-2H3,(H,16,17). The molecular weight excluding hydrogens is 248 g/mol. The van der Waals surface area contributed by atoms with Crippen LogP contribution >= 0.6 is 11.3 Å². The van der Waals surface area contributed by atoms with Gasteiger partial charge >= 0.3 is 5.97 Å². The van der Waals surface area contributed by atoms with Crippen molar-refractivity contribution < 1.29 is 9.90 Å². The summed E-state index contributed by atoms with van der Waals surface area (Å²) in [5.41, 5.74) is 1.78. The van der Waals surface area contributed by atoms with Gasteiger partial charge in [-0.2, -0.15) is 0 Å². The maximum absolute atomic E-state index is 11.2. The number of pyridine rings is 1. The van der Waals surface area contributed by atoms with Crippen molar-refractivity contribution >= 4 is 17.3 Å². The second-order valence-corrected chi connectivity index (χ2v) is 5.03. The molecule has 1 atom stereocenters. The number of carboxylic acids is 1. The topological polar surface area (TPSA) is 63.1 Å². The van der Waals surface area contributed by atoms with Gasteiger partial charge in [0.1, 0.15) is 5.01 Å². The zero-order chi connectivity index (χ0) is 13.1. The van der Waals surface area contributed by atoms with Crippen molar-refractivity contribution in [2.75, 3.05) is 0 Å².